The third kappa shape index (κ3) is 4.97. The molecule has 0 spiro atoms. The molecule has 0 aliphatic rings. The first kappa shape index (κ1) is 19.8. The van der Waals surface area contributed by atoms with Crippen LogP contribution < -0.4 is 5.32 Å². The van der Waals surface area contributed by atoms with Gasteiger partial charge in [-0.25, -0.2) is 4.79 Å². The Kier molecular flexibility index (Phi) is 7.29. The predicted octanol–water partition coefficient (Wildman–Crippen LogP) is 5.51. The lowest BCUT2D eigenvalue weighted by atomic mass is 10.0. The van der Waals surface area contributed by atoms with Crippen LogP contribution in [-0.4, -0.2) is 24.4 Å². The van der Waals surface area contributed by atoms with Crippen LogP contribution in [0.4, 0.5) is 5.00 Å². The topological polar surface area (TPSA) is 55.4 Å². The predicted molar refractivity (Wildman–Crippen MR) is 104 cm³/mol. The molecule has 0 fully saturated rings. The Labute approximate surface area is 161 Å². The molecule has 1 aromatic heterocycles. The van der Waals surface area contributed by atoms with Crippen molar-refractivity contribution in [3.63, 3.8) is 0 Å². The van der Waals surface area contributed by atoms with Crippen LogP contribution in [0, 0.1) is 6.92 Å². The van der Waals surface area contributed by atoms with Crippen LogP contribution in [0.1, 0.15) is 35.0 Å². The van der Waals surface area contributed by atoms with Crippen molar-refractivity contribution in [2.24, 2.45) is 0 Å². The van der Waals surface area contributed by atoms with Gasteiger partial charge in [-0.05, 0) is 38.0 Å². The lowest BCUT2D eigenvalue weighted by molar-refractivity contribution is -0.116. The Morgan fingerprint density at radius 3 is 2.52 bits per heavy atom. The molecule has 0 aliphatic heterocycles. The van der Waals surface area contributed by atoms with Gasteiger partial charge in [0.25, 0.3) is 0 Å². The van der Waals surface area contributed by atoms with E-state index in [1.165, 1.54) is 11.3 Å². The van der Waals surface area contributed by atoms with E-state index in [1.54, 1.807) is 19.1 Å². The zero-order valence-corrected chi connectivity index (χ0v) is 16.4. The minimum Gasteiger partial charge on any atom is -0.462 e. The quantitative estimate of drug-likeness (QED) is 0.493. The fourth-order valence-electron chi connectivity index (χ4n) is 2.41. The summed E-state index contributed by atoms with van der Waals surface area (Å²) in [7, 11) is 0. The van der Waals surface area contributed by atoms with Crippen molar-refractivity contribution in [1.82, 2.24) is 0 Å². The lowest BCUT2D eigenvalue weighted by Gasteiger charge is -2.09. The number of rotatable bonds is 7. The van der Waals surface area contributed by atoms with Crippen molar-refractivity contribution in [3.8, 4) is 11.1 Å². The first-order valence-electron chi connectivity index (χ1n) is 7.90. The summed E-state index contributed by atoms with van der Waals surface area (Å²) in [5.41, 5.74) is 1.99. The Morgan fingerprint density at radius 2 is 1.92 bits per heavy atom. The molecule has 0 bridgehead atoms. The molecular formula is C18H19Cl2NO3S. The van der Waals surface area contributed by atoms with Gasteiger partial charge in [0.15, 0.2) is 0 Å². The Bertz CT molecular complexity index is 756. The highest BCUT2D eigenvalue weighted by molar-refractivity contribution is 7.17. The molecule has 2 aromatic rings. The standard InChI is InChI=1S/C18H19Cl2NO3S/c1-3-24-18(23)16-15(12-6-8-13(20)9-7-12)11(2)25-17(16)21-14(22)5-4-10-19/h6-9H,3-5,10H2,1-2H3,(H,21,22). The van der Waals surface area contributed by atoms with E-state index in [0.29, 0.717) is 34.3 Å². The number of carbonyl (C=O) groups is 2. The van der Waals surface area contributed by atoms with Crippen LogP contribution in [0.2, 0.25) is 5.02 Å². The lowest BCUT2D eigenvalue weighted by Crippen LogP contribution is -2.14. The number of halogens is 2. The molecule has 0 saturated heterocycles. The van der Waals surface area contributed by atoms with Crippen LogP contribution in [-0.2, 0) is 9.53 Å². The van der Waals surface area contributed by atoms with Crippen molar-refractivity contribution >= 4 is 51.4 Å². The van der Waals surface area contributed by atoms with E-state index in [9.17, 15) is 9.59 Å². The number of hydrogen-bond donors (Lipinski definition) is 1. The first-order chi connectivity index (χ1) is 12.0. The van der Waals surface area contributed by atoms with E-state index in [-0.39, 0.29) is 12.5 Å². The molecule has 0 aliphatic carbocycles. The number of esters is 1. The van der Waals surface area contributed by atoms with Crippen LogP contribution in [0.5, 0.6) is 0 Å². The van der Waals surface area contributed by atoms with Crippen LogP contribution in [0.25, 0.3) is 11.1 Å². The summed E-state index contributed by atoms with van der Waals surface area (Å²) in [6, 6.07) is 7.22. The van der Waals surface area contributed by atoms with Crippen molar-refractivity contribution in [2.75, 3.05) is 17.8 Å². The summed E-state index contributed by atoms with van der Waals surface area (Å²) < 4.78 is 5.20. The maximum absolute atomic E-state index is 12.5. The van der Waals surface area contributed by atoms with Gasteiger partial charge in [0.2, 0.25) is 5.91 Å². The number of benzene rings is 1. The maximum atomic E-state index is 12.5. The van der Waals surface area contributed by atoms with Gasteiger partial charge in [-0.1, -0.05) is 23.7 Å². The smallest absolute Gasteiger partial charge is 0.341 e. The summed E-state index contributed by atoms with van der Waals surface area (Å²) in [6.07, 6.45) is 0.884. The molecule has 4 nitrogen and oxygen atoms in total. The zero-order valence-electron chi connectivity index (χ0n) is 14.0. The monoisotopic (exact) mass is 399 g/mol. The average Bonchev–Trinajstić information content (AvgIpc) is 2.90. The number of anilines is 1. The van der Waals surface area contributed by atoms with Gasteiger partial charge >= 0.3 is 5.97 Å². The maximum Gasteiger partial charge on any atom is 0.341 e. The number of thiophene rings is 1. The van der Waals surface area contributed by atoms with Crippen molar-refractivity contribution in [1.29, 1.82) is 0 Å². The number of aryl methyl sites for hydroxylation is 1. The van der Waals surface area contributed by atoms with E-state index in [0.717, 1.165) is 16.0 Å². The Morgan fingerprint density at radius 1 is 1.24 bits per heavy atom. The number of alkyl halides is 1. The summed E-state index contributed by atoms with van der Waals surface area (Å²) in [5.74, 6) is -0.211. The SMILES string of the molecule is CCOC(=O)c1c(NC(=O)CCCCl)sc(C)c1-c1ccc(Cl)cc1. The molecule has 25 heavy (non-hydrogen) atoms. The molecule has 1 heterocycles. The molecule has 0 unspecified atom stereocenters. The Hall–Kier alpha value is -1.56. The van der Waals surface area contributed by atoms with Crippen molar-refractivity contribution < 1.29 is 14.3 Å². The summed E-state index contributed by atoms with van der Waals surface area (Å²) in [5, 5.41) is 3.94. The van der Waals surface area contributed by atoms with Crippen LogP contribution in [0.3, 0.4) is 0 Å². The number of ether oxygens (including phenoxy) is 1. The van der Waals surface area contributed by atoms with Gasteiger partial charge in [0.05, 0.1) is 6.61 Å². The van der Waals surface area contributed by atoms with E-state index in [4.69, 9.17) is 27.9 Å². The molecule has 134 valence electrons. The second-order valence-electron chi connectivity index (χ2n) is 5.31. The summed E-state index contributed by atoms with van der Waals surface area (Å²) >= 11 is 12.9. The minimum atomic E-state index is -0.454. The third-order valence-corrected chi connectivity index (χ3v) is 5.03. The fourth-order valence-corrected chi connectivity index (χ4v) is 3.75. The minimum absolute atomic E-state index is 0.171. The van der Waals surface area contributed by atoms with Crippen molar-refractivity contribution in [2.45, 2.75) is 26.7 Å². The Balaban J connectivity index is 2.46. The molecule has 0 saturated carbocycles. The highest BCUT2D eigenvalue weighted by atomic mass is 35.5. The molecule has 7 heteroatoms. The third-order valence-electron chi connectivity index (χ3n) is 3.49. The van der Waals surface area contributed by atoms with Gasteiger partial charge in [-0.3, -0.25) is 4.79 Å². The van der Waals surface area contributed by atoms with E-state index >= 15 is 0 Å². The number of hydrogen-bond acceptors (Lipinski definition) is 4. The molecule has 1 aromatic carbocycles. The van der Waals surface area contributed by atoms with Gasteiger partial charge in [0.1, 0.15) is 10.6 Å². The van der Waals surface area contributed by atoms with Gasteiger partial charge < -0.3 is 10.1 Å². The highest BCUT2D eigenvalue weighted by Gasteiger charge is 2.25. The number of carbonyl (C=O) groups excluding carboxylic acids is 2. The first-order valence-corrected chi connectivity index (χ1v) is 9.63. The average molecular weight is 400 g/mol. The molecule has 1 N–H and O–H groups in total. The second kappa shape index (κ2) is 9.22. The molecular weight excluding hydrogens is 381 g/mol. The normalized spacial score (nSPS) is 10.6. The largest absolute Gasteiger partial charge is 0.462 e. The molecule has 0 atom stereocenters. The molecule has 1 amide bonds. The zero-order chi connectivity index (χ0) is 18.4. The van der Waals surface area contributed by atoms with Gasteiger partial charge in [-0.2, -0.15) is 0 Å². The van der Waals surface area contributed by atoms with Gasteiger partial charge in [-0.15, -0.1) is 22.9 Å². The number of nitrogens with one attached hydrogen (secondary N) is 1. The van der Waals surface area contributed by atoms with E-state index < -0.39 is 5.97 Å². The highest BCUT2D eigenvalue weighted by Crippen LogP contribution is 2.40. The van der Waals surface area contributed by atoms with Crippen molar-refractivity contribution in [3.05, 3.63) is 39.7 Å². The number of amides is 1. The second-order valence-corrected chi connectivity index (χ2v) is 7.34. The van der Waals surface area contributed by atoms with Gasteiger partial charge in [0, 0.05) is 27.8 Å². The summed E-state index contributed by atoms with van der Waals surface area (Å²) in [4.78, 5) is 25.5. The van der Waals surface area contributed by atoms with E-state index in [2.05, 4.69) is 5.32 Å². The van der Waals surface area contributed by atoms with Crippen LogP contribution >= 0.6 is 34.5 Å². The fraction of sp³-hybridized carbons (Fsp3) is 0.333. The van der Waals surface area contributed by atoms with Crippen LogP contribution in [0.15, 0.2) is 24.3 Å². The van der Waals surface area contributed by atoms with E-state index in [1.807, 2.05) is 19.1 Å². The molecule has 0 radical (unpaired) electrons. The molecule has 2 rings (SSSR count). The summed E-state index contributed by atoms with van der Waals surface area (Å²) in [6.45, 7) is 3.91.